The van der Waals surface area contributed by atoms with Crippen LogP contribution in [0.3, 0.4) is 0 Å². The molecule has 3 heteroatoms. The molecule has 3 nitrogen and oxygen atoms in total. The second-order valence-corrected chi connectivity index (χ2v) is 5.93. The maximum Gasteiger partial charge on any atom is 0.224 e. The zero-order valence-corrected chi connectivity index (χ0v) is 12.5. The SMILES string of the molecule is CN(Cc1ccc2ccccc2c1)C(=O)CC1CCCN1. The smallest absolute Gasteiger partial charge is 0.224 e. The fourth-order valence-electron chi connectivity index (χ4n) is 3.00. The lowest BCUT2D eigenvalue weighted by Gasteiger charge is -2.20. The van der Waals surface area contributed by atoms with Gasteiger partial charge in [-0.1, -0.05) is 36.4 Å². The van der Waals surface area contributed by atoms with Crippen LogP contribution in [-0.4, -0.2) is 30.4 Å². The van der Waals surface area contributed by atoms with Gasteiger partial charge in [0.1, 0.15) is 0 Å². The number of carbonyl (C=O) groups excluding carboxylic acids is 1. The van der Waals surface area contributed by atoms with Crippen LogP contribution in [-0.2, 0) is 11.3 Å². The predicted molar refractivity (Wildman–Crippen MR) is 86.1 cm³/mol. The lowest BCUT2D eigenvalue weighted by molar-refractivity contribution is -0.130. The quantitative estimate of drug-likeness (QED) is 0.935. The number of amides is 1. The molecule has 21 heavy (non-hydrogen) atoms. The number of rotatable bonds is 4. The monoisotopic (exact) mass is 282 g/mol. The van der Waals surface area contributed by atoms with Crippen LogP contribution in [0.4, 0.5) is 0 Å². The molecule has 1 N–H and O–H groups in total. The Balaban J connectivity index is 1.64. The molecule has 2 aromatic carbocycles. The molecule has 2 aromatic rings. The van der Waals surface area contributed by atoms with Crippen LogP contribution < -0.4 is 5.32 Å². The molecule has 1 aliphatic rings. The van der Waals surface area contributed by atoms with Crippen LogP contribution in [0.1, 0.15) is 24.8 Å². The summed E-state index contributed by atoms with van der Waals surface area (Å²) in [6.07, 6.45) is 2.92. The van der Waals surface area contributed by atoms with E-state index in [0.29, 0.717) is 19.0 Å². The molecule has 0 bridgehead atoms. The van der Waals surface area contributed by atoms with E-state index < -0.39 is 0 Å². The Morgan fingerprint density at radius 1 is 1.24 bits per heavy atom. The first-order valence-electron chi connectivity index (χ1n) is 7.67. The molecule has 0 spiro atoms. The third-order valence-electron chi connectivity index (χ3n) is 4.24. The number of fused-ring (bicyclic) bond motifs is 1. The summed E-state index contributed by atoms with van der Waals surface area (Å²) in [6, 6.07) is 15.1. The number of nitrogens with zero attached hydrogens (tertiary/aromatic N) is 1. The van der Waals surface area contributed by atoms with Crippen molar-refractivity contribution in [3.8, 4) is 0 Å². The topological polar surface area (TPSA) is 32.3 Å². The van der Waals surface area contributed by atoms with Crippen molar-refractivity contribution in [3.63, 3.8) is 0 Å². The highest BCUT2D eigenvalue weighted by Crippen LogP contribution is 2.17. The van der Waals surface area contributed by atoms with Crippen molar-refractivity contribution in [1.82, 2.24) is 10.2 Å². The number of hydrogen-bond donors (Lipinski definition) is 1. The Bertz CT molecular complexity index is 632. The second kappa shape index (κ2) is 6.27. The lowest BCUT2D eigenvalue weighted by atomic mass is 10.1. The average Bonchev–Trinajstić information content (AvgIpc) is 3.00. The molecule has 3 rings (SSSR count). The molecule has 1 amide bonds. The van der Waals surface area contributed by atoms with E-state index in [0.717, 1.165) is 13.0 Å². The van der Waals surface area contributed by atoms with Gasteiger partial charge >= 0.3 is 0 Å². The second-order valence-electron chi connectivity index (χ2n) is 5.93. The fraction of sp³-hybridized carbons (Fsp3) is 0.389. The van der Waals surface area contributed by atoms with Gasteiger partial charge in [-0.3, -0.25) is 4.79 Å². The van der Waals surface area contributed by atoms with Gasteiger partial charge in [0.15, 0.2) is 0 Å². The summed E-state index contributed by atoms with van der Waals surface area (Å²) in [5.74, 6) is 0.225. The lowest BCUT2D eigenvalue weighted by Crippen LogP contribution is -2.33. The number of benzene rings is 2. The Kier molecular flexibility index (Phi) is 4.20. The van der Waals surface area contributed by atoms with Gasteiger partial charge in [0.05, 0.1) is 0 Å². The molecular formula is C18H22N2O. The Morgan fingerprint density at radius 2 is 2.05 bits per heavy atom. The standard InChI is InChI=1S/C18H22N2O/c1-20(18(21)12-17-7-4-10-19-17)13-14-8-9-15-5-2-3-6-16(15)11-14/h2-3,5-6,8-9,11,17,19H,4,7,10,12-13H2,1H3. The summed E-state index contributed by atoms with van der Waals surface area (Å²) in [5.41, 5.74) is 1.18. The highest BCUT2D eigenvalue weighted by atomic mass is 16.2. The van der Waals surface area contributed by atoms with Crippen molar-refractivity contribution in [2.45, 2.75) is 31.8 Å². The minimum absolute atomic E-state index is 0.225. The largest absolute Gasteiger partial charge is 0.341 e. The minimum Gasteiger partial charge on any atom is -0.341 e. The van der Waals surface area contributed by atoms with Crippen molar-refractivity contribution in [1.29, 1.82) is 0 Å². The summed E-state index contributed by atoms with van der Waals surface area (Å²) in [5, 5.41) is 5.85. The van der Waals surface area contributed by atoms with Crippen LogP contribution in [0.2, 0.25) is 0 Å². The number of carbonyl (C=O) groups is 1. The molecule has 0 saturated carbocycles. The van der Waals surface area contributed by atoms with E-state index in [9.17, 15) is 4.79 Å². The Labute approximate surface area is 125 Å². The first-order valence-corrected chi connectivity index (χ1v) is 7.67. The van der Waals surface area contributed by atoms with Gasteiger partial charge in [-0.2, -0.15) is 0 Å². The van der Waals surface area contributed by atoms with E-state index in [1.807, 2.05) is 24.1 Å². The predicted octanol–water partition coefficient (Wildman–Crippen LogP) is 2.94. The Hall–Kier alpha value is -1.87. The van der Waals surface area contributed by atoms with Gasteiger partial charge in [-0.05, 0) is 41.8 Å². The van der Waals surface area contributed by atoms with Crippen LogP contribution in [0.25, 0.3) is 10.8 Å². The molecule has 1 fully saturated rings. The molecule has 1 heterocycles. The number of nitrogens with one attached hydrogen (secondary N) is 1. The third-order valence-corrected chi connectivity index (χ3v) is 4.24. The first kappa shape index (κ1) is 14.1. The Morgan fingerprint density at radius 3 is 2.81 bits per heavy atom. The molecule has 1 aliphatic heterocycles. The molecule has 0 radical (unpaired) electrons. The third kappa shape index (κ3) is 3.42. The van der Waals surface area contributed by atoms with Gasteiger partial charge in [0.25, 0.3) is 0 Å². The van der Waals surface area contributed by atoms with E-state index in [2.05, 4.69) is 35.6 Å². The van der Waals surface area contributed by atoms with Crippen molar-refractivity contribution in [2.75, 3.05) is 13.6 Å². The maximum absolute atomic E-state index is 12.3. The molecule has 1 saturated heterocycles. The highest BCUT2D eigenvalue weighted by Gasteiger charge is 2.19. The maximum atomic E-state index is 12.3. The highest BCUT2D eigenvalue weighted by molar-refractivity contribution is 5.83. The first-order chi connectivity index (χ1) is 10.2. The zero-order valence-electron chi connectivity index (χ0n) is 12.5. The van der Waals surface area contributed by atoms with Crippen LogP contribution in [0, 0.1) is 0 Å². The van der Waals surface area contributed by atoms with Gasteiger partial charge in [0, 0.05) is 26.1 Å². The van der Waals surface area contributed by atoms with Crippen molar-refractivity contribution < 1.29 is 4.79 Å². The number of hydrogen-bond acceptors (Lipinski definition) is 2. The molecule has 110 valence electrons. The summed E-state index contributed by atoms with van der Waals surface area (Å²) in [4.78, 5) is 14.1. The normalized spacial score (nSPS) is 18.0. The summed E-state index contributed by atoms with van der Waals surface area (Å²) in [6.45, 7) is 1.72. The molecule has 0 aromatic heterocycles. The van der Waals surface area contributed by atoms with Gasteiger partial charge in [0.2, 0.25) is 5.91 Å². The van der Waals surface area contributed by atoms with Gasteiger partial charge in [-0.15, -0.1) is 0 Å². The minimum atomic E-state index is 0.225. The molecule has 1 atom stereocenters. The van der Waals surface area contributed by atoms with Crippen molar-refractivity contribution in [3.05, 3.63) is 48.0 Å². The van der Waals surface area contributed by atoms with E-state index in [4.69, 9.17) is 0 Å². The van der Waals surface area contributed by atoms with Crippen LogP contribution >= 0.6 is 0 Å². The van der Waals surface area contributed by atoms with Crippen LogP contribution in [0.15, 0.2) is 42.5 Å². The summed E-state index contributed by atoms with van der Waals surface area (Å²) in [7, 11) is 1.90. The fourth-order valence-corrected chi connectivity index (χ4v) is 3.00. The zero-order chi connectivity index (χ0) is 14.7. The van der Waals surface area contributed by atoms with E-state index in [1.54, 1.807) is 0 Å². The summed E-state index contributed by atoms with van der Waals surface area (Å²) >= 11 is 0. The summed E-state index contributed by atoms with van der Waals surface area (Å²) < 4.78 is 0. The van der Waals surface area contributed by atoms with E-state index in [-0.39, 0.29) is 5.91 Å². The van der Waals surface area contributed by atoms with Gasteiger partial charge in [-0.25, -0.2) is 0 Å². The van der Waals surface area contributed by atoms with Crippen molar-refractivity contribution in [2.24, 2.45) is 0 Å². The van der Waals surface area contributed by atoms with Crippen molar-refractivity contribution >= 4 is 16.7 Å². The van der Waals surface area contributed by atoms with Gasteiger partial charge < -0.3 is 10.2 Å². The van der Waals surface area contributed by atoms with E-state index in [1.165, 1.54) is 22.8 Å². The van der Waals surface area contributed by atoms with E-state index >= 15 is 0 Å². The molecule has 1 unspecified atom stereocenters. The van der Waals surface area contributed by atoms with Crippen LogP contribution in [0.5, 0.6) is 0 Å². The average molecular weight is 282 g/mol. The molecular weight excluding hydrogens is 260 g/mol. The molecule has 0 aliphatic carbocycles.